The summed E-state index contributed by atoms with van der Waals surface area (Å²) in [6, 6.07) is 0. The molecule has 17 heavy (non-hydrogen) atoms. The molecule has 0 spiro atoms. The summed E-state index contributed by atoms with van der Waals surface area (Å²) in [5.41, 5.74) is 0.153. The molecule has 2 rings (SSSR count). The SMILES string of the molecule is CC(C)(C)C1CCN(S(=O)(=O)c2cn[nH]c2)C1. The molecule has 1 aromatic rings. The van der Waals surface area contributed by atoms with Crippen LogP contribution in [0.15, 0.2) is 17.3 Å². The fourth-order valence-corrected chi connectivity index (χ4v) is 3.59. The van der Waals surface area contributed by atoms with Gasteiger partial charge in [0.25, 0.3) is 0 Å². The van der Waals surface area contributed by atoms with Crippen molar-refractivity contribution in [1.29, 1.82) is 0 Å². The van der Waals surface area contributed by atoms with Crippen LogP contribution in [0.3, 0.4) is 0 Å². The number of rotatable bonds is 2. The number of sulfonamides is 1. The lowest BCUT2D eigenvalue weighted by atomic mass is 9.80. The second-order valence-electron chi connectivity index (χ2n) is 5.65. The second-order valence-corrected chi connectivity index (χ2v) is 7.59. The van der Waals surface area contributed by atoms with Crippen molar-refractivity contribution in [1.82, 2.24) is 14.5 Å². The maximum absolute atomic E-state index is 12.2. The van der Waals surface area contributed by atoms with E-state index in [1.807, 2.05) is 0 Å². The Morgan fingerprint density at radius 2 is 2.18 bits per heavy atom. The molecule has 0 amide bonds. The van der Waals surface area contributed by atoms with E-state index in [4.69, 9.17) is 0 Å². The smallest absolute Gasteiger partial charge is 0.246 e. The minimum Gasteiger partial charge on any atom is -0.284 e. The molecule has 1 aliphatic rings. The maximum Gasteiger partial charge on any atom is 0.246 e. The van der Waals surface area contributed by atoms with Crippen molar-refractivity contribution in [2.45, 2.75) is 32.1 Å². The summed E-state index contributed by atoms with van der Waals surface area (Å²) in [6.07, 6.45) is 3.72. The first-order valence-corrected chi connectivity index (χ1v) is 7.25. The molecule has 1 aromatic heterocycles. The molecule has 0 radical (unpaired) electrons. The number of aromatic amines is 1. The number of aromatic nitrogens is 2. The average molecular weight is 257 g/mol. The first kappa shape index (κ1) is 12.6. The molecule has 1 unspecified atom stereocenters. The molecule has 96 valence electrons. The van der Waals surface area contributed by atoms with Crippen LogP contribution in [-0.2, 0) is 10.0 Å². The highest BCUT2D eigenvalue weighted by Crippen LogP contribution is 2.35. The molecule has 1 atom stereocenters. The van der Waals surface area contributed by atoms with E-state index >= 15 is 0 Å². The molecule has 1 fully saturated rings. The summed E-state index contributed by atoms with van der Waals surface area (Å²) < 4.78 is 26.0. The molecule has 1 saturated heterocycles. The average Bonchev–Trinajstić information content (AvgIpc) is 2.89. The lowest BCUT2D eigenvalue weighted by Crippen LogP contribution is -2.31. The van der Waals surface area contributed by atoms with Gasteiger partial charge in [-0.1, -0.05) is 20.8 Å². The highest BCUT2D eigenvalue weighted by molar-refractivity contribution is 7.89. The van der Waals surface area contributed by atoms with Crippen LogP contribution in [0.5, 0.6) is 0 Å². The van der Waals surface area contributed by atoms with E-state index in [0.29, 0.717) is 19.0 Å². The van der Waals surface area contributed by atoms with Gasteiger partial charge >= 0.3 is 0 Å². The molecule has 1 aliphatic heterocycles. The van der Waals surface area contributed by atoms with Crippen molar-refractivity contribution < 1.29 is 8.42 Å². The summed E-state index contributed by atoms with van der Waals surface area (Å²) in [6.45, 7) is 7.69. The number of H-pyrrole nitrogens is 1. The number of nitrogens with one attached hydrogen (secondary N) is 1. The fraction of sp³-hybridized carbons (Fsp3) is 0.727. The van der Waals surface area contributed by atoms with Crippen molar-refractivity contribution in [3.05, 3.63) is 12.4 Å². The molecule has 0 aromatic carbocycles. The van der Waals surface area contributed by atoms with E-state index < -0.39 is 10.0 Å². The van der Waals surface area contributed by atoms with Crippen LogP contribution in [0.25, 0.3) is 0 Å². The van der Waals surface area contributed by atoms with Crippen molar-refractivity contribution in [3.8, 4) is 0 Å². The van der Waals surface area contributed by atoms with Gasteiger partial charge in [0, 0.05) is 19.3 Å². The predicted octanol–water partition coefficient (Wildman–Crippen LogP) is 1.47. The third-order valence-corrected chi connectivity index (χ3v) is 5.32. The van der Waals surface area contributed by atoms with Gasteiger partial charge in [0.05, 0.1) is 6.20 Å². The van der Waals surface area contributed by atoms with Gasteiger partial charge in [-0.2, -0.15) is 9.40 Å². The molecule has 2 heterocycles. The zero-order chi connectivity index (χ0) is 12.7. The summed E-state index contributed by atoms with van der Waals surface area (Å²) in [4.78, 5) is 0.257. The second kappa shape index (κ2) is 4.10. The third kappa shape index (κ3) is 2.37. The lowest BCUT2D eigenvalue weighted by molar-refractivity contribution is 0.252. The predicted molar refractivity (Wildman–Crippen MR) is 64.9 cm³/mol. The number of hydrogen-bond donors (Lipinski definition) is 1. The van der Waals surface area contributed by atoms with Crippen molar-refractivity contribution in [2.24, 2.45) is 11.3 Å². The highest BCUT2D eigenvalue weighted by Gasteiger charge is 2.37. The van der Waals surface area contributed by atoms with E-state index in [2.05, 4.69) is 31.0 Å². The van der Waals surface area contributed by atoms with Gasteiger partial charge in [-0.15, -0.1) is 0 Å². The number of nitrogens with zero attached hydrogens (tertiary/aromatic N) is 2. The first-order chi connectivity index (χ1) is 7.82. The van der Waals surface area contributed by atoms with Crippen LogP contribution in [0.4, 0.5) is 0 Å². The Morgan fingerprint density at radius 1 is 1.47 bits per heavy atom. The van der Waals surface area contributed by atoms with Crippen LogP contribution in [0, 0.1) is 11.3 Å². The van der Waals surface area contributed by atoms with Gasteiger partial charge in [0.1, 0.15) is 4.90 Å². The summed E-state index contributed by atoms with van der Waals surface area (Å²) in [7, 11) is -3.35. The molecular formula is C11H19N3O2S. The summed E-state index contributed by atoms with van der Waals surface area (Å²) >= 11 is 0. The van der Waals surface area contributed by atoms with Crippen molar-refractivity contribution >= 4 is 10.0 Å². The quantitative estimate of drug-likeness (QED) is 0.872. The van der Waals surface area contributed by atoms with E-state index in [0.717, 1.165) is 6.42 Å². The standard InChI is InChI=1S/C11H19N3O2S/c1-11(2,3)9-4-5-14(8-9)17(15,16)10-6-12-13-7-10/h6-7,9H,4-5,8H2,1-3H3,(H,12,13). The Hall–Kier alpha value is -0.880. The lowest BCUT2D eigenvalue weighted by Gasteiger charge is -2.26. The molecule has 0 bridgehead atoms. The van der Waals surface area contributed by atoms with Crippen LogP contribution in [0.1, 0.15) is 27.2 Å². The summed E-state index contributed by atoms with van der Waals surface area (Å²) in [5.74, 6) is 0.421. The molecule has 0 saturated carbocycles. The van der Waals surface area contributed by atoms with E-state index in [1.165, 1.54) is 12.4 Å². The Morgan fingerprint density at radius 3 is 2.65 bits per heavy atom. The Kier molecular flexibility index (Phi) is 3.03. The normalized spacial score (nSPS) is 23.1. The minimum absolute atomic E-state index is 0.153. The van der Waals surface area contributed by atoms with Gasteiger partial charge < -0.3 is 0 Å². The van der Waals surface area contributed by atoms with E-state index in [1.54, 1.807) is 4.31 Å². The van der Waals surface area contributed by atoms with E-state index in [-0.39, 0.29) is 10.3 Å². The molecule has 5 nitrogen and oxygen atoms in total. The molecular weight excluding hydrogens is 238 g/mol. The largest absolute Gasteiger partial charge is 0.284 e. The van der Waals surface area contributed by atoms with Crippen LogP contribution in [-0.4, -0.2) is 36.0 Å². The molecule has 6 heteroatoms. The van der Waals surface area contributed by atoms with Gasteiger partial charge in [-0.25, -0.2) is 8.42 Å². The topological polar surface area (TPSA) is 66.1 Å². The van der Waals surface area contributed by atoms with Crippen LogP contribution < -0.4 is 0 Å². The van der Waals surface area contributed by atoms with Crippen LogP contribution in [0.2, 0.25) is 0 Å². The number of hydrogen-bond acceptors (Lipinski definition) is 3. The van der Waals surface area contributed by atoms with Gasteiger partial charge in [0.2, 0.25) is 10.0 Å². The Balaban J connectivity index is 2.17. The zero-order valence-electron chi connectivity index (χ0n) is 10.5. The first-order valence-electron chi connectivity index (χ1n) is 5.81. The van der Waals surface area contributed by atoms with Crippen molar-refractivity contribution in [3.63, 3.8) is 0 Å². The van der Waals surface area contributed by atoms with Gasteiger partial charge in [-0.3, -0.25) is 5.10 Å². The monoisotopic (exact) mass is 257 g/mol. The summed E-state index contributed by atoms with van der Waals surface area (Å²) in [5, 5.41) is 6.24. The van der Waals surface area contributed by atoms with Gasteiger partial charge in [0.15, 0.2) is 0 Å². The highest BCUT2D eigenvalue weighted by atomic mass is 32.2. The van der Waals surface area contributed by atoms with E-state index in [9.17, 15) is 8.42 Å². The zero-order valence-corrected chi connectivity index (χ0v) is 11.3. The van der Waals surface area contributed by atoms with Gasteiger partial charge in [-0.05, 0) is 17.8 Å². The maximum atomic E-state index is 12.2. The third-order valence-electron chi connectivity index (χ3n) is 3.49. The Labute approximate surface area is 102 Å². The minimum atomic E-state index is -3.35. The Bertz CT molecular complexity index is 473. The fourth-order valence-electron chi connectivity index (χ4n) is 2.18. The molecule has 0 aliphatic carbocycles. The van der Waals surface area contributed by atoms with Crippen LogP contribution >= 0.6 is 0 Å². The molecule has 1 N–H and O–H groups in total. The van der Waals surface area contributed by atoms with Crippen molar-refractivity contribution in [2.75, 3.05) is 13.1 Å².